The third-order valence-corrected chi connectivity index (χ3v) is 4.29. The number of nitrogens with zero attached hydrogens (tertiary/aromatic N) is 3. The molecular weight excluding hydrogens is 328 g/mol. The number of H-pyrrole nitrogens is 1. The summed E-state index contributed by atoms with van der Waals surface area (Å²) in [5.41, 5.74) is 4.59. The van der Waals surface area contributed by atoms with E-state index in [2.05, 4.69) is 79.4 Å². The molecule has 4 nitrogen and oxygen atoms in total. The number of aryl methyl sites for hydroxylation is 1. The second-order valence-electron chi connectivity index (χ2n) is 7.15. The number of hydrogen-bond acceptors (Lipinski definition) is 3. The molecule has 1 aromatic heterocycles. The highest BCUT2D eigenvalue weighted by Gasteiger charge is 2.14. The molecule has 3 aromatic rings. The van der Waals surface area contributed by atoms with E-state index in [-0.39, 0.29) is 5.41 Å². The molecule has 0 fully saturated rings. The average Bonchev–Trinajstić information content (AvgIpc) is 2.93. The normalized spacial score (nSPS) is 12.0. The minimum atomic E-state index is 0.118. The van der Waals surface area contributed by atoms with Crippen molar-refractivity contribution in [1.82, 2.24) is 14.9 Å². The van der Waals surface area contributed by atoms with E-state index in [0.717, 1.165) is 11.1 Å². The summed E-state index contributed by atoms with van der Waals surface area (Å²) in [6, 6.07) is 16.5. The summed E-state index contributed by atoms with van der Waals surface area (Å²) in [5.74, 6) is 0.703. The van der Waals surface area contributed by atoms with E-state index < -0.39 is 0 Å². The first-order chi connectivity index (χ1) is 11.8. The van der Waals surface area contributed by atoms with E-state index in [4.69, 9.17) is 12.2 Å². The lowest BCUT2D eigenvalue weighted by Crippen LogP contribution is -2.10. The lowest BCUT2D eigenvalue weighted by atomic mass is 9.87. The summed E-state index contributed by atoms with van der Waals surface area (Å²) in [7, 11) is 0. The molecule has 0 aliphatic heterocycles. The number of rotatable bonds is 3. The monoisotopic (exact) mass is 350 g/mol. The van der Waals surface area contributed by atoms with Gasteiger partial charge < -0.3 is 0 Å². The molecule has 0 unspecified atom stereocenters. The molecule has 0 aliphatic carbocycles. The van der Waals surface area contributed by atoms with Crippen molar-refractivity contribution in [3.63, 3.8) is 0 Å². The van der Waals surface area contributed by atoms with Crippen molar-refractivity contribution >= 4 is 18.4 Å². The Morgan fingerprint density at radius 1 is 1.12 bits per heavy atom. The minimum Gasteiger partial charge on any atom is -0.250 e. The van der Waals surface area contributed by atoms with E-state index in [9.17, 15) is 0 Å². The van der Waals surface area contributed by atoms with Crippen LogP contribution in [-0.4, -0.2) is 21.1 Å². The average molecular weight is 350 g/mol. The van der Waals surface area contributed by atoms with Crippen LogP contribution in [0.3, 0.4) is 0 Å². The van der Waals surface area contributed by atoms with Crippen molar-refractivity contribution in [2.45, 2.75) is 33.1 Å². The van der Waals surface area contributed by atoms with Gasteiger partial charge in [0.2, 0.25) is 4.77 Å². The minimum absolute atomic E-state index is 0.118. The summed E-state index contributed by atoms with van der Waals surface area (Å²) in [6.45, 7) is 8.65. The zero-order valence-electron chi connectivity index (χ0n) is 14.9. The maximum Gasteiger partial charge on any atom is 0.216 e. The number of benzene rings is 2. The van der Waals surface area contributed by atoms with Crippen LogP contribution in [0.5, 0.6) is 0 Å². The molecule has 0 saturated carbocycles. The molecule has 0 aliphatic rings. The summed E-state index contributed by atoms with van der Waals surface area (Å²) in [4.78, 5) is 0. The van der Waals surface area contributed by atoms with Crippen molar-refractivity contribution in [3.8, 4) is 11.4 Å². The van der Waals surface area contributed by atoms with E-state index in [1.165, 1.54) is 11.1 Å². The molecule has 128 valence electrons. The van der Waals surface area contributed by atoms with Gasteiger partial charge >= 0.3 is 0 Å². The third kappa shape index (κ3) is 3.94. The van der Waals surface area contributed by atoms with Gasteiger partial charge in [-0.2, -0.15) is 14.9 Å². The van der Waals surface area contributed by atoms with Crippen LogP contribution in [0.15, 0.2) is 53.6 Å². The maximum atomic E-state index is 5.33. The Bertz CT molecular complexity index is 956. The fourth-order valence-corrected chi connectivity index (χ4v) is 2.76. The Kier molecular flexibility index (Phi) is 4.68. The van der Waals surface area contributed by atoms with Crippen LogP contribution < -0.4 is 0 Å². The Labute approximate surface area is 153 Å². The van der Waals surface area contributed by atoms with Crippen LogP contribution in [0.1, 0.15) is 37.5 Å². The van der Waals surface area contributed by atoms with Gasteiger partial charge in [0, 0.05) is 5.56 Å². The van der Waals surface area contributed by atoms with Gasteiger partial charge in [0.15, 0.2) is 5.82 Å². The molecule has 0 bridgehead atoms. The molecule has 3 rings (SSSR count). The van der Waals surface area contributed by atoms with Crippen LogP contribution in [0.25, 0.3) is 11.4 Å². The lowest BCUT2D eigenvalue weighted by molar-refractivity contribution is 0.590. The number of aromatic nitrogens is 3. The highest BCUT2D eigenvalue weighted by atomic mass is 32.1. The van der Waals surface area contributed by atoms with E-state index >= 15 is 0 Å². The number of hydrogen-bond donors (Lipinski definition) is 1. The Balaban J connectivity index is 1.96. The quantitative estimate of drug-likeness (QED) is 0.528. The molecule has 1 N–H and O–H groups in total. The fourth-order valence-electron chi connectivity index (χ4n) is 2.58. The second-order valence-corrected chi connectivity index (χ2v) is 7.54. The molecule has 0 radical (unpaired) electrons. The van der Waals surface area contributed by atoms with Crippen LogP contribution >= 0.6 is 12.2 Å². The molecule has 1 heterocycles. The van der Waals surface area contributed by atoms with Crippen molar-refractivity contribution in [3.05, 3.63) is 70.0 Å². The predicted molar refractivity (Wildman–Crippen MR) is 106 cm³/mol. The second kappa shape index (κ2) is 6.76. The van der Waals surface area contributed by atoms with Crippen molar-refractivity contribution in [2.75, 3.05) is 0 Å². The highest BCUT2D eigenvalue weighted by Crippen LogP contribution is 2.25. The smallest absolute Gasteiger partial charge is 0.216 e. The highest BCUT2D eigenvalue weighted by molar-refractivity contribution is 7.71. The zero-order chi connectivity index (χ0) is 18.0. The molecule has 0 atom stereocenters. The molecule has 2 aromatic carbocycles. The summed E-state index contributed by atoms with van der Waals surface area (Å²) < 4.78 is 2.13. The van der Waals surface area contributed by atoms with Gasteiger partial charge in [-0.15, -0.1) is 0 Å². The Morgan fingerprint density at radius 2 is 1.84 bits per heavy atom. The first-order valence-electron chi connectivity index (χ1n) is 8.24. The van der Waals surface area contributed by atoms with E-state index in [0.29, 0.717) is 10.6 Å². The Hall–Kier alpha value is -2.53. The zero-order valence-corrected chi connectivity index (χ0v) is 15.8. The SMILES string of the molecule is Cc1cccc(C=Nn2c(-c3ccc(C(C)(C)C)cc3)n[nH]c2=S)c1. The van der Waals surface area contributed by atoms with E-state index in [1.807, 2.05) is 12.1 Å². The van der Waals surface area contributed by atoms with Gasteiger partial charge in [-0.25, -0.2) is 5.10 Å². The predicted octanol–water partition coefficient (Wildman–Crippen LogP) is 5.10. The number of nitrogens with one attached hydrogen (secondary N) is 1. The molecule has 5 heteroatoms. The number of aromatic amines is 1. The Morgan fingerprint density at radius 3 is 2.48 bits per heavy atom. The van der Waals surface area contributed by atoms with Gasteiger partial charge in [-0.05, 0) is 35.7 Å². The van der Waals surface area contributed by atoms with E-state index in [1.54, 1.807) is 10.9 Å². The van der Waals surface area contributed by atoms with Gasteiger partial charge in [0.1, 0.15) is 0 Å². The maximum absolute atomic E-state index is 5.33. The molecule has 0 spiro atoms. The molecule has 0 saturated heterocycles. The van der Waals surface area contributed by atoms with Crippen LogP contribution in [0, 0.1) is 11.7 Å². The van der Waals surface area contributed by atoms with Gasteiger partial charge in [-0.1, -0.05) is 74.9 Å². The lowest BCUT2D eigenvalue weighted by Gasteiger charge is -2.18. The summed E-state index contributed by atoms with van der Waals surface area (Å²) in [5, 5.41) is 11.7. The molecule has 25 heavy (non-hydrogen) atoms. The summed E-state index contributed by atoms with van der Waals surface area (Å²) >= 11 is 5.33. The van der Waals surface area contributed by atoms with Gasteiger partial charge in [-0.3, -0.25) is 0 Å². The fraction of sp³-hybridized carbons (Fsp3) is 0.250. The largest absolute Gasteiger partial charge is 0.250 e. The van der Waals surface area contributed by atoms with Crippen molar-refractivity contribution in [2.24, 2.45) is 5.10 Å². The van der Waals surface area contributed by atoms with Crippen LogP contribution in [0.4, 0.5) is 0 Å². The molecular formula is C20H22N4S. The van der Waals surface area contributed by atoms with Crippen LogP contribution in [-0.2, 0) is 5.41 Å². The van der Waals surface area contributed by atoms with Gasteiger partial charge in [0.05, 0.1) is 6.21 Å². The topological polar surface area (TPSA) is 46.0 Å². The van der Waals surface area contributed by atoms with Crippen molar-refractivity contribution in [1.29, 1.82) is 0 Å². The van der Waals surface area contributed by atoms with Crippen LogP contribution in [0.2, 0.25) is 0 Å². The van der Waals surface area contributed by atoms with Crippen molar-refractivity contribution < 1.29 is 0 Å². The standard InChI is InChI=1S/C20H22N4S/c1-14-6-5-7-15(12-14)13-21-24-18(22-23-19(24)25)16-8-10-17(11-9-16)20(2,3)4/h5-13H,1-4H3,(H,23,25). The first-order valence-corrected chi connectivity index (χ1v) is 8.65. The van der Waals surface area contributed by atoms with Gasteiger partial charge in [0.25, 0.3) is 0 Å². The summed E-state index contributed by atoms with van der Waals surface area (Å²) in [6.07, 6.45) is 1.80. The third-order valence-electron chi connectivity index (χ3n) is 4.02. The molecule has 0 amide bonds. The first kappa shape index (κ1) is 17.3.